The van der Waals surface area contributed by atoms with Gasteiger partial charge in [-0.15, -0.1) is 0 Å². The third kappa shape index (κ3) is 4.84. The third-order valence-corrected chi connectivity index (χ3v) is 6.47. The Morgan fingerprint density at radius 3 is 2.59 bits per heavy atom. The fraction of sp³-hybridized carbons (Fsp3) is 0.588. The highest BCUT2D eigenvalue weighted by Crippen LogP contribution is 2.21. The molecule has 3 rings (SSSR count). The summed E-state index contributed by atoms with van der Waals surface area (Å²) in [5, 5.41) is 4.32. The van der Waals surface area contributed by atoms with Gasteiger partial charge in [0.15, 0.2) is 5.82 Å². The fourth-order valence-electron chi connectivity index (χ4n) is 2.83. The average Bonchev–Trinajstić information content (AvgIpc) is 2.94. The number of hydrogen-bond donors (Lipinski definition) is 0. The molecule has 0 unspecified atom stereocenters. The van der Waals surface area contributed by atoms with E-state index >= 15 is 0 Å². The van der Waals surface area contributed by atoms with Gasteiger partial charge in [0.2, 0.25) is 15.9 Å². The lowest BCUT2D eigenvalue weighted by Gasteiger charge is -2.20. The zero-order valence-corrected chi connectivity index (χ0v) is 17.3. The van der Waals surface area contributed by atoms with Crippen LogP contribution in [0.3, 0.4) is 0 Å². The molecule has 0 radical (unpaired) electrons. The van der Waals surface area contributed by atoms with Crippen LogP contribution in [-0.4, -0.2) is 58.9 Å². The van der Waals surface area contributed by atoms with Gasteiger partial charge in [0, 0.05) is 31.2 Å². The Bertz CT molecular complexity index is 877. The molecule has 1 aliphatic heterocycles. The normalized spacial score (nSPS) is 17.8. The molecule has 1 fully saturated rings. The van der Waals surface area contributed by atoms with Crippen LogP contribution in [0.15, 0.2) is 27.7 Å². The van der Waals surface area contributed by atoms with Crippen molar-refractivity contribution in [2.24, 2.45) is 0 Å². The summed E-state index contributed by atoms with van der Waals surface area (Å²) in [5.41, 5.74) is -0.193. The first-order valence-corrected chi connectivity index (χ1v) is 10.7. The largest absolute Gasteiger partial charge is 0.339 e. The first-order chi connectivity index (χ1) is 12.7. The van der Waals surface area contributed by atoms with Gasteiger partial charge < -0.3 is 4.52 Å². The number of sulfonamides is 1. The van der Waals surface area contributed by atoms with Crippen molar-refractivity contribution in [2.45, 2.75) is 44.0 Å². The SMILES string of the molecule is CC(C)(C)c1nc(CN2CCCN(S(=O)(=O)c3ccc(Cl)nc3)CC2)no1. The Hall–Kier alpha value is -1.55. The standard InChI is InChI=1S/C17H24ClN5O3S/c1-17(2,3)16-20-15(21-26-16)12-22-7-4-8-23(10-9-22)27(24,25)13-5-6-14(18)19-11-13/h5-6,11H,4,7-10,12H2,1-3H3. The lowest BCUT2D eigenvalue weighted by Crippen LogP contribution is -2.35. The van der Waals surface area contributed by atoms with Crippen LogP contribution >= 0.6 is 11.6 Å². The first kappa shape index (κ1) is 20.2. The van der Waals surface area contributed by atoms with Gasteiger partial charge in [-0.1, -0.05) is 37.5 Å². The van der Waals surface area contributed by atoms with E-state index in [0.717, 1.165) is 13.0 Å². The van der Waals surface area contributed by atoms with Gasteiger partial charge in [-0.2, -0.15) is 9.29 Å². The van der Waals surface area contributed by atoms with E-state index in [4.69, 9.17) is 16.1 Å². The topological polar surface area (TPSA) is 92.4 Å². The minimum atomic E-state index is -3.58. The molecular formula is C17H24ClN5O3S. The van der Waals surface area contributed by atoms with Gasteiger partial charge in [-0.25, -0.2) is 13.4 Å². The fourth-order valence-corrected chi connectivity index (χ4v) is 4.36. The molecule has 0 amide bonds. The Kier molecular flexibility index (Phi) is 5.85. The second kappa shape index (κ2) is 7.83. The van der Waals surface area contributed by atoms with Crippen LogP contribution in [0.4, 0.5) is 0 Å². The van der Waals surface area contributed by atoms with E-state index in [1.54, 1.807) is 0 Å². The van der Waals surface area contributed by atoms with Gasteiger partial charge in [0.05, 0.1) is 6.54 Å². The van der Waals surface area contributed by atoms with Crippen molar-refractivity contribution in [2.75, 3.05) is 26.2 Å². The molecule has 0 aliphatic carbocycles. The third-order valence-electron chi connectivity index (χ3n) is 4.36. The maximum absolute atomic E-state index is 12.8. The maximum atomic E-state index is 12.8. The molecule has 0 N–H and O–H groups in total. The summed E-state index contributed by atoms with van der Waals surface area (Å²) >= 11 is 5.75. The minimum absolute atomic E-state index is 0.160. The lowest BCUT2D eigenvalue weighted by molar-refractivity contribution is 0.264. The minimum Gasteiger partial charge on any atom is -0.339 e. The number of hydrogen-bond acceptors (Lipinski definition) is 7. The van der Waals surface area contributed by atoms with E-state index in [1.165, 1.54) is 22.6 Å². The van der Waals surface area contributed by atoms with Crippen molar-refractivity contribution in [3.63, 3.8) is 0 Å². The molecule has 0 aromatic carbocycles. The summed E-state index contributed by atoms with van der Waals surface area (Å²) in [6.45, 7) is 8.82. The Morgan fingerprint density at radius 1 is 1.19 bits per heavy atom. The zero-order chi connectivity index (χ0) is 19.7. The Balaban J connectivity index is 1.65. The lowest BCUT2D eigenvalue weighted by atomic mass is 9.97. The molecule has 0 bridgehead atoms. The molecular weight excluding hydrogens is 390 g/mol. The van der Waals surface area contributed by atoms with Crippen molar-refractivity contribution >= 4 is 21.6 Å². The highest BCUT2D eigenvalue weighted by Gasteiger charge is 2.28. The van der Waals surface area contributed by atoms with E-state index < -0.39 is 10.0 Å². The molecule has 148 valence electrons. The zero-order valence-electron chi connectivity index (χ0n) is 15.7. The van der Waals surface area contributed by atoms with E-state index in [2.05, 4.69) is 20.0 Å². The van der Waals surface area contributed by atoms with Gasteiger partial charge >= 0.3 is 0 Å². The second-order valence-corrected chi connectivity index (χ2v) is 9.94. The number of pyridine rings is 1. The summed E-state index contributed by atoms with van der Waals surface area (Å²) in [5.74, 6) is 1.23. The quantitative estimate of drug-likeness (QED) is 0.710. The van der Waals surface area contributed by atoms with Gasteiger partial charge in [-0.05, 0) is 25.1 Å². The molecule has 0 saturated carbocycles. The summed E-state index contributed by atoms with van der Waals surface area (Å²) in [6, 6.07) is 2.97. The molecule has 0 spiro atoms. The van der Waals surface area contributed by atoms with Gasteiger partial charge in [0.25, 0.3) is 0 Å². The number of rotatable bonds is 4. The predicted octanol–water partition coefficient (Wildman–Crippen LogP) is 2.31. The van der Waals surface area contributed by atoms with E-state index in [1.807, 2.05) is 20.8 Å². The maximum Gasteiger partial charge on any atom is 0.244 e. The van der Waals surface area contributed by atoms with Crippen molar-refractivity contribution in [1.29, 1.82) is 0 Å². The highest BCUT2D eigenvalue weighted by molar-refractivity contribution is 7.89. The molecule has 1 saturated heterocycles. The molecule has 10 heteroatoms. The van der Waals surface area contributed by atoms with Crippen molar-refractivity contribution < 1.29 is 12.9 Å². The van der Waals surface area contributed by atoms with Crippen LogP contribution in [0.2, 0.25) is 5.15 Å². The van der Waals surface area contributed by atoms with Crippen LogP contribution in [0.25, 0.3) is 0 Å². The van der Waals surface area contributed by atoms with Crippen LogP contribution in [0.5, 0.6) is 0 Å². The summed E-state index contributed by atoms with van der Waals surface area (Å²) < 4.78 is 32.5. The Labute approximate surface area is 164 Å². The second-order valence-electron chi connectivity index (χ2n) is 7.62. The molecule has 3 heterocycles. The molecule has 27 heavy (non-hydrogen) atoms. The van der Waals surface area contributed by atoms with Crippen molar-refractivity contribution in [3.8, 4) is 0 Å². The van der Waals surface area contributed by atoms with E-state index in [0.29, 0.717) is 37.9 Å². The molecule has 8 nitrogen and oxygen atoms in total. The van der Waals surface area contributed by atoms with Gasteiger partial charge in [0.1, 0.15) is 10.0 Å². The molecule has 0 atom stereocenters. The van der Waals surface area contributed by atoms with Crippen LogP contribution in [0, 0.1) is 0 Å². The molecule has 2 aromatic rings. The van der Waals surface area contributed by atoms with E-state index in [9.17, 15) is 8.42 Å². The van der Waals surface area contributed by atoms with Gasteiger partial charge in [-0.3, -0.25) is 4.90 Å². The summed E-state index contributed by atoms with van der Waals surface area (Å²) in [4.78, 5) is 10.6. The summed E-state index contributed by atoms with van der Waals surface area (Å²) in [7, 11) is -3.58. The number of aromatic nitrogens is 3. The Morgan fingerprint density at radius 2 is 1.96 bits per heavy atom. The predicted molar refractivity (Wildman–Crippen MR) is 101 cm³/mol. The molecule has 2 aromatic heterocycles. The smallest absolute Gasteiger partial charge is 0.244 e. The summed E-state index contributed by atoms with van der Waals surface area (Å²) in [6.07, 6.45) is 2.03. The highest BCUT2D eigenvalue weighted by atomic mass is 35.5. The van der Waals surface area contributed by atoms with Crippen molar-refractivity contribution in [3.05, 3.63) is 35.2 Å². The average molecular weight is 414 g/mol. The van der Waals surface area contributed by atoms with Crippen LogP contribution in [-0.2, 0) is 22.0 Å². The number of nitrogens with zero attached hydrogens (tertiary/aromatic N) is 5. The van der Waals surface area contributed by atoms with Crippen LogP contribution in [0.1, 0.15) is 38.9 Å². The monoisotopic (exact) mass is 413 g/mol. The molecule has 1 aliphatic rings. The number of halogens is 1. The van der Waals surface area contributed by atoms with Crippen molar-refractivity contribution in [1.82, 2.24) is 24.3 Å². The van der Waals surface area contributed by atoms with Crippen LogP contribution < -0.4 is 0 Å². The van der Waals surface area contributed by atoms with E-state index in [-0.39, 0.29) is 15.5 Å². The first-order valence-electron chi connectivity index (χ1n) is 8.83.